The van der Waals surface area contributed by atoms with Crippen LogP contribution in [0.15, 0.2) is 18.3 Å². The molecule has 0 amide bonds. The van der Waals surface area contributed by atoms with Gasteiger partial charge in [0, 0.05) is 18.2 Å². The van der Waals surface area contributed by atoms with Crippen LogP contribution in [0.5, 0.6) is 0 Å². The Morgan fingerprint density at radius 1 is 1.22 bits per heavy atom. The number of hydrogen-bond acceptors (Lipinski definition) is 7. The van der Waals surface area contributed by atoms with E-state index < -0.39 is 29.9 Å². The molecule has 3 heterocycles. The van der Waals surface area contributed by atoms with Crippen molar-refractivity contribution >= 4 is 23.0 Å². The summed E-state index contributed by atoms with van der Waals surface area (Å²) in [7, 11) is 0. The Morgan fingerprint density at radius 2 is 1.89 bits per heavy atom. The number of carboxylic acids is 1. The van der Waals surface area contributed by atoms with Crippen molar-refractivity contribution in [1.82, 2.24) is 24.8 Å². The van der Waals surface area contributed by atoms with Crippen LogP contribution in [0.1, 0.15) is 32.1 Å². The number of benzene rings is 1. The lowest BCUT2D eigenvalue weighted by Gasteiger charge is -2.29. The minimum atomic E-state index is -5.08. The molecule has 1 fully saturated rings. The highest BCUT2D eigenvalue weighted by molar-refractivity contribution is 5.83. The first kappa shape index (κ1) is 27.2. The highest BCUT2D eigenvalue weighted by Crippen LogP contribution is 2.30. The van der Waals surface area contributed by atoms with Crippen LogP contribution in [0.25, 0.3) is 22.3 Å². The van der Waals surface area contributed by atoms with Crippen molar-refractivity contribution in [2.45, 2.75) is 51.6 Å². The number of alkyl halides is 3. The average Bonchev–Trinajstić information content (AvgIpc) is 3.13. The normalized spacial score (nSPS) is 18.2. The number of aliphatic hydroxyl groups is 1. The molecule has 0 aliphatic carbocycles. The van der Waals surface area contributed by atoms with Crippen molar-refractivity contribution in [2.24, 2.45) is 0 Å². The Labute approximate surface area is 202 Å². The van der Waals surface area contributed by atoms with E-state index in [2.05, 4.69) is 25.6 Å². The van der Waals surface area contributed by atoms with Gasteiger partial charge in [-0.3, -0.25) is 0 Å². The highest BCUT2D eigenvalue weighted by Gasteiger charge is 2.38. The van der Waals surface area contributed by atoms with Gasteiger partial charge in [0.25, 0.3) is 0 Å². The zero-order chi connectivity index (χ0) is 26.8. The van der Waals surface area contributed by atoms with E-state index in [-0.39, 0.29) is 29.2 Å². The molecule has 0 unspecified atom stereocenters. The zero-order valence-corrected chi connectivity index (χ0v) is 19.6. The molecule has 0 radical (unpaired) electrons. The maximum Gasteiger partial charge on any atom is 0.490 e. The summed E-state index contributed by atoms with van der Waals surface area (Å²) in [4.78, 5) is 21.5. The molecule has 4 N–H and O–H groups in total. The number of fused-ring (bicyclic) bond motifs is 1. The van der Waals surface area contributed by atoms with Crippen molar-refractivity contribution in [1.29, 1.82) is 0 Å². The fourth-order valence-electron chi connectivity index (χ4n) is 3.87. The van der Waals surface area contributed by atoms with E-state index in [0.717, 1.165) is 12.7 Å². The van der Waals surface area contributed by atoms with Gasteiger partial charge in [-0.05, 0) is 45.9 Å². The van der Waals surface area contributed by atoms with Crippen molar-refractivity contribution < 1.29 is 37.0 Å². The van der Waals surface area contributed by atoms with E-state index in [9.17, 15) is 27.1 Å². The second-order valence-corrected chi connectivity index (χ2v) is 8.45. The van der Waals surface area contributed by atoms with Crippen molar-refractivity contribution in [3.63, 3.8) is 0 Å². The molecule has 0 saturated carbocycles. The quantitative estimate of drug-likeness (QED) is 0.389. The van der Waals surface area contributed by atoms with Gasteiger partial charge in [0.1, 0.15) is 17.0 Å². The van der Waals surface area contributed by atoms with Gasteiger partial charge in [0.05, 0.1) is 23.9 Å². The topological polar surface area (TPSA) is 125 Å². The van der Waals surface area contributed by atoms with E-state index >= 15 is 0 Å². The van der Waals surface area contributed by atoms with Crippen LogP contribution < -0.4 is 10.6 Å². The van der Waals surface area contributed by atoms with E-state index in [1.807, 2.05) is 25.3 Å². The summed E-state index contributed by atoms with van der Waals surface area (Å²) in [5.41, 5.74) is 1.16. The molecule has 14 heteroatoms. The largest absolute Gasteiger partial charge is 0.490 e. The van der Waals surface area contributed by atoms with Gasteiger partial charge in [-0.2, -0.15) is 13.2 Å². The van der Waals surface area contributed by atoms with Crippen LogP contribution in [-0.4, -0.2) is 67.1 Å². The lowest BCUT2D eigenvalue weighted by molar-refractivity contribution is -0.192. The summed E-state index contributed by atoms with van der Waals surface area (Å²) in [6.07, 6.45) is -3.94. The predicted molar refractivity (Wildman–Crippen MR) is 120 cm³/mol. The third-order valence-electron chi connectivity index (χ3n) is 5.47. The Kier molecular flexibility index (Phi) is 8.09. The smallest absolute Gasteiger partial charge is 0.475 e. The average molecular weight is 516 g/mol. The summed E-state index contributed by atoms with van der Waals surface area (Å²) >= 11 is 0. The Balaban J connectivity index is 0.000000454. The number of nitrogens with zero attached hydrogens (tertiary/aromatic N) is 4. The van der Waals surface area contributed by atoms with Crippen molar-refractivity contribution in [2.75, 3.05) is 18.4 Å². The van der Waals surface area contributed by atoms with E-state index in [1.165, 1.54) is 6.07 Å². The third kappa shape index (κ3) is 6.05. The summed E-state index contributed by atoms with van der Waals surface area (Å²) in [5.74, 6) is -3.04. The van der Waals surface area contributed by atoms with Crippen LogP contribution in [0.2, 0.25) is 0 Å². The number of piperidine rings is 1. The first-order valence-corrected chi connectivity index (χ1v) is 11.0. The second-order valence-electron chi connectivity index (χ2n) is 8.45. The monoisotopic (exact) mass is 516 g/mol. The van der Waals surface area contributed by atoms with Crippen molar-refractivity contribution in [3.05, 3.63) is 35.8 Å². The molecule has 0 bridgehead atoms. The molecule has 0 spiro atoms. The SMILES string of the molecule is Cc1nc2c(F)cc(-c3nc(N[C@@H]4CCNC[C@H]4O)ncc3F)cc2n1C(C)C.O=C(O)C(F)(F)F. The number of imidazole rings is 1. The molecular weight excluding hydrogens is 491 g/mol. The third-order valence-corrected chi connectivity index (χ3v) is 5.47. The number of aliphatic hydroxyl groups excluding tert-OH is 1. The molecular formula is C22H25F5N6O3. The van der Waals surface area contributed by atoms with E-state index in [0.29, 0.717) is 29.9 Å². The molecule has 4 rings (SSSR count). The lowest BCUT2D eigenvalue weighted by Crippen LogP contribution is -2.47. The van der Waals surface area contributed by atoms with Crippen LogP contribution in [0.4, 0.5) is 27.9 Å². The van der Waals surface area contributed by atoms with Gasteiger partial charge in [-0.25, -0.2) is 28.5 Å². The zero-order valence-electron chi connectivity index (χ0n) is 19.6. The molecule has 9 nitrogen and oxygen atoms in total. The van der Waals surface area contributed by atoms with Crippen molar-refractivity contribution in [3.8, 4) is 11.3 Å². The summed E-state index contributed by atoms with van der Waals surface area (Å²) < 4.78 is 62.9. The number of carboxylic acid groups (broad SMARTS) is 1. The molecule has 1 saturated heterocycles. The van der Waals surface area contributed by atoms with Crippen LogP contribution in [0.3, 0.4) is 0 Å². The number of aromatic nitrogens is 4. The number of aliphatic carboxylic acids is 1. The van der Waals surface area contributed by atoms with E-state index in [1.54, 1.807) is 6.07 Å². The van der Waals surface area contributed by atoms with Gasteiger partial charge >= 0.3 is 12.1 Å². The number of nitrogens with one attached hydrogen (secondary N) is 2. The molecule has 3 aromatic rings. The summed E-state index contributed by atoms with van der Waals surface area (Å²) in [6.45, 7) is 7.00. The molecule has 196 valence electrons. The predicted octanol–water partition coefficient (Wildman–Crippen LogP) is 3.43. The molecule has 1 aliphatic rings. The number of halogens is 5. The standard InChI is InChI=1S/C20H24F2N6O.C2HF3O2/c1-10(2)28-11(3)25-19-13(21)6-12(7-16(19)28)18-14(22)8-24-20(27-18)26-15-4-5-23-9-17(15)29;3-2(4,5)1(6)7/h6-8,10,15,17,23,29H,4-5,9H2,1-3H3,(H,24,26,27);(H,6,7)/t15-,17-;/m1./s1. The Morgan fingerprint density at radius 3 is 2.47 bits per heavy atom. The minimum absolute atomic E-state index is 0.000818. The number of β-amino-alcohol motifs (C(OH)–C–C–N with tert-alkyl or cyclic N) is 1. The van der Waals surface area contributed by atoms with Crippen LogP contribution >= 0.6 is 0 Å². The molecule has 36 heavy (non-hydrogen) atoms. The molecule has 1 aliphatic heterocycles. The molecule has 1 aromatic carbocycles. The summed E-state index contributed by atoms with van der Waals surface area (Å²) in [6, 6.07) is 2.78. The van der Waals surface area contributed by atoms with Gasteiger partial charge in [0.15, 0.2) is 11.6 Å². The molecule has 2 aromatic heterocycles. The number of rotatable bonds is 4. The Bertz CT molecular complexity index is 1250. The minimum Gasteiger partial charge on any atom is -0.475 e. The highest BCUT2D eigenvalue weighted by atomic mass is 19.4. The summed E-state index contributed by atoms with van der Waals surface area (Å²) in [5, 5.41) is 23.4. The Hall–Kier alpha value is -3.39. The number of anilines is 1. The second kappa shape index (κ2) is 10.7. The van der Waals surface area contributed by atoms with E-state index in [4.69, 9.17) is 9.90 Å². The van der Waals surface area contributed by atoms with Crippen LogP contribution in [0, 0.1) is 18.6 Å². The number of aryl methyl sites for hydroxylation is 1. The lowest BCUT2D eigenvalue weighted by atomic mass is 10.0. The first-order valence-electron chi connectivity index (χ1n) is 11.0. The fourth-order valence-corrected chi connectivity index (χ4v) is 3.87. The maximum atomic E-state index is 14.7. The number of carbonyl (C=O) groups is 1. The first-order chi connectivity index (χ1) is 16.8. The fraction of sp³-hybridized carbons (Fsp3) is 0.455. The van der Waals surface area contributed by atoms with Gasteiger partial charge in [-0.15, -0.1) is 0 Å². The van der Waals surface area contributed by atoms with Gasteiger partial charge in [0.2, 0.25) is 5.95 Å². The number of hydrogen-bond donors (Lipinski definition) is 4. The molecule has 2 atom stereocenters. The van der Waals surface area contributed by atoms with Gasteiger partial charge in [-0.1, -0.05) is 0 Å². The van der Waals surface area contributed by atoms with Crippen LogP contribution in [-0.2, 0) is 4.79 Å². The maximum absolute atomic E-state index is 14.7. The van der Waals surface area contributed by atoms with Gasteiger partial charge < -0.3 is 25.4 Å².